The first-order valence-electron chi connectivity index (χ1n) is 8.60. The highest BCUT2D eigenvalue weighted by Crippen LogP contribution is 2.26. The van der Waals surface area contributed by atoms with E-state index < -0.39 is 0 Å². The lowest BCUT2D eigenvalue weighted by molar-refractivity contribution is 0.0942. The number of hydrogen-bond acceptors (Lipinski definition) is 4. The second-order valence-corrected chi connectivity index (χ2v) is 7.09. The molecule has 1 amide bonds. The number of nitrogens with zero attached hydrogens (tertiary/aromatic N) is 3. The normalized spacial score (nSPS) is 10.7. The molecule has 4 aromatic rings. The van der Waals surface area contributed by atoms with E-state index in [1.807, 2.05) is 73.0 Å². The summed E-state index contributed by atoms with van der Waals surface area (Å²) in [6.45, 7) is 2.39. The summed E-state index contributed by atoms with van der Waals surface area (Å²) in [5, 5.41) is 9.63. The van der Waals surface area contributed by atoms with Gasteiger partial charge in [0.15, 0.2) is 0 Å². The van der Waals surface area contributed by atoms with Crippen LogP contribution in [-0.2, 0) is 6.54 Å². The van der Waals surface area contributed by atoms with E-state index in [4.69, 9.17) is 5.10 Å². The summed E-state index contributed by atoms with van der Waals surface area (Å²) in [4.78, 5) is 18.2. The number of amides is 1. The Balaban J connectivity index is 1.68. The van der Waals surface area contributed by atoms with E-state index in [0.29, 0.717) is 12.2 Å². The minimum atomic E-state index is -0.183. The van der Waals surface area contributed by atoms with Gasteiger partial charge in [-0.25, -0.2) is 4.68 Å². The molecule has 3 aromatic heterocycles. The molecule has 5 nitrogen and oxygen atoms in total. The molecule has 3 heterocycles. The zero-order chi connectivity index (χ0) is 18.6. The third-order valence-corrected chi connectivity index (χ3v) is 5.01. The highest BCUT2D eigenvalue weighted by Gasteiger charge is 2.18. The van der Waals surface area contributed by atoms with E-state index in [0.717, 1.165) is 27.5 Å². The smallest absolute Gasteiger partial charge is 0.270 e. The van der Waals surface area contributed by atoms with Gasteiger partial charge in [0.25, 0.3) is 5.91 Å². The number of hydrogen-bond donors (Lipinski definition) is 1. The number of nitrogens with one attached hydrogen (secondary N) is 1. The first-order valence-corrected chi connectivity index (χ1v) is 9.48. The average molecular weight is 374 g/mol. The molecule has 1 aromatic carbocycles. The molecular formula is C21H18N4OS. The van der Waals surface area contributed by atoms with Crippen molar-refractivity contribution in [2.24, 2.45) is 0 Å². The van der Waals surface area contributed by atoms with E-state index in [1.165, 1.54) is 0 Å². The Morgan fingerprint density at radius 3 is 2.78 bits per heavy atom. The topological polar surface area (TPSA) is 59.8 Å². The Morgan fingerprint density at radius 1 is 1.11 bits per heavy atom. The number of carbonyl (C=O) groups excluding carboxylic acids is 1. The maximum atomic E-state index is 12.9. The molecule has 0 fully saturated rings. The quantitative estimate of drug-likeness (QED) is 0.569. The van der Waals surface area contributed by atoms with Crippen LogP contribution in [0.2, 0.25) is 0 Å². The summed E-state index contributed by atoms with van der Waals surface area (Å²) in [6.07, 6.45) is 1.72. The highest BCUT2D eigenvalue weighted by molar-refractivity contribution is 7.13. The van der Waals surface area contributed by atoms with Crippen LogP contribution in [0.15, 0.2) is 72.2 Å². The van der Waals surface area contributed by atoms with E-state index in [-0.39, 0.29) is 5.91 Å². The fourth-order valence-corrected chi connectivity index (χ4v) is 3.49. The molecule has 0 atom stereocenters. The third-order valence-electron chi connectivity index (χ3n) is 4.12. The minimum absolute atomic E-state index is 0.183. The predicted molar refractivity (Wildman–Crippen MR) is 107 cm³/mol. The molecule has 0 radical (unpaired) electrons. The van der Waals surface area contributed by atoms with Gasteiger partial charge in [0, 0.05) is 6.20 Å². The molecule has 0 saturated heterocycles. The number of rotatable bonds is 5. The number of pyridine rings is 1. The van der Waals surface area contributed by atoms with Crippen LogP contribution in [0.3, 0.4) is 0 Å². The van der Waals surface area contributed by atoms with Crippen LogP contribution in [-0.4, -0.2) is 20.7 Å². The number of thiophene rings is 1. The van der Waals surface area contributed by atoms with E-state index in [9.17, 15) is 4.79 Å². The largest absolute Gasteiger partial charge is 0.345 e. The second kappa shape index (κ2) is 7.55. The fraction of sp³-hybridized carbons (Fsp3) is 0.0952. The van der Waals surface area contributed by atoms with Crippen molar-refractivity contribution < 1.29 is 4.79 Å². The molecular weight excluding hydrogens is 356 g/mol. The van der Waals surface area contributed by atoms with Gasteiger partial charge in [0.2, 0.25) is 0 Å². The van der Waals surface area contributed by atoms with Gasteiger partial charge in [0.1, 0.15) is 11.4 Å². The Morgan fingerprint density at radius 2 is 2.04 bits per heavy atom. The number of aromatic nitrogens is 3. The van der Waals surface area contributed by atoms with Crippen LogP contribution in [0, 0.1) is 6.92 Å². The van der Waals surface area contributed by atoms with Gasteiger partial charge < -0.3 is 5.32 Å². The lowest BCUT2D eigenvalue weighted by Crippen LogP contribution is -2.25. The van der Waals surface area contributed by atoms with E-state index in [1.54, 1.807) is 22.2 Å². The Labute approximate surface area is 161 Å². The van der Waals surface area contributed by atoms with Gasteiger partial charge in [-0.3, -0.25) is 9.78 Å². The Bertz CT molecular complexity index is 1060. The summed E-state index contributed by atoms with van der Waals surface area (Å²) < 4.78 is 1.70. The molecule has 0 bridgehead atoms. The van der Waals surface area contributed by atoms with Gasteiger partial charge in [0.05, 0.1) is 22.8 Å². The third kappa shape index (κ3) is 3.80. The molecule has 0 aliphatic heterocycles. The summed E-state index contributed by atoms with van der Waals surface area (Å²) >= 11 is 1.60. The van der Waals surface area contributed by atoms with E-state index >= 15 is 0 Å². The first kappa shape index (κ1) is 17.2. The number of benzene rings is 1. The molecule has 134 valence electrons. The molecule has 1 N–H and O–H groups in total. The van der Waals surface area contributed by atoms with Crippen LogP contribution in [0.4, 0.5) is 0 Å². The molecule has 0 aliphatic rings. The number of aryl methyl sites for hydroxylation is 1. The van der Waals surface area contributed by atoms with Gasteiger partial charge in [-0.1, -0.05) is 24.3 Å². The molecule has 0 aliphatic carbocycles. The molecule has 4 rings (SSSR count). The summed E-state index contributed by atoms with van der Waals surface area (Å²) in [5.41, 5.74) is 4.07. The Kier molecular flexibility index (Phi) is 4.80. The first-order chi connectivity index (χ1) is 13.2. The van der Waals surface area contributed by atoms with Crippen molar-refractivity contribution in [3.63, 3.8) is 0 Å². The van der Waals surface area contributed by atoms with Gasteiger partial charge >= 0.3 is 0 Å². The van der Waals surface area contributed by atoms with Crippen molar-refractivity contribution in [1.29, 1.82) is 0 Å². The monoisotopic (exact) mass is 374 g/mol. The van der Waals surface area contributed by atoms with Crippen molar-refractivity contribution in [3.8, 4) is 16.3 Å². The van der Waals surface area contributed by atoms with Gasteiger partial charge in [-0.2, -0.15) is 5.10 Å². The summed E-state index contributed by atoms with van der Waals surface area (Å²) in [6, 6.07) is 19.4. The van der Waals surface area contributed by atoms with Crippen LogP contribution in [0.25, 0.3) is 16.3 Å². The second-order valence-electron chi connectivity index (χ2n) is 6.15. The van der Waals surface area contributed by atoms with Crippen LogP contribution in [0.1, 0.15) is 21.7 Å². The molecule has 0 spiro atoms. The molecule has 27 heavy (non-hydrogen) atoms. The van der Waals surface area contributed by atoms with Crippen LogP contribution < -0.4 is 5.32 Å². The zero-order valence-electron chi connectivity index (χ0n) is 14.8. The van der Waals surface area contributed by atoms with Gasteiger partial charge in [-0.05, 0) is 54.3 Å². The van der Waals surface area contributed by atoms with E-state index in [2.05, 4.69) is 10.3 Å². The maximum Gasteiger partial charge on any atom is 0.270 e. The van der Waals surface area contributed by atoms with Gasteiger partial charge in [-0.15, -0.1) is 11.3 Å². The maximum absolute atomic E-state index is 12.9. The van der Waals surface area contributed by atoms with Crippen molar-refractivity contribution in [2.75, 3.05) is 0 Å². The summed E-state index contributed by atoms with van der Waals surface area (Å²) in [7, 11) is 0. The van der Waals surface area contributed by atoms with Crippen LogP contribution in [0.5, 0.6) is 0 Å². The standard InChI is InChI=1S/C21H18N4OS/c1-15-6-4-8-17(12-15)25-19(13-18(24-25)20-9-5-11-27-20)21(26)23-14-16-7-2-3-10-22-16/h2-13H,14H2,1H3,(H,23,26). The predicted octanol–water partition coefficient (Wildman–Crippen LogP) is 4.23. The average Bonchev–Trinajstić information content (AvgIpc) is 3.36. The van der Waals surface area contributed by atoms with Crippen molar-refractivity contribution in [2.45, 2.75) is 13.5 Å². The zero-order valence-corrected chi connectivity index (χ0v) is 15.6. The van der Waals surface area contributed by atoms with Crippen molar-refractivity contribution >= 4 is 17.2 Å². The molecule has 0 unspecified atom stereocenters. The minimum Gasteiger partial charge on any atom is -0.345 e. The molecule has 6 heteroatoms. The van der Waals surface area contributed by atoms with Crippen molar-refractivity contribution in [1.82, 2.24) is 20.1 Å². The van der Waals surface area contributed by atoms with Crippen LogP contribution >= 0.6 is 11.3 Å². The number of carbonyl (C=O) groups is 1. The Hall–Kier alpha value is -3.25. The summed E-state index contributed by atoms with van der Waals surface area (Å²) in [5.74, 6) is -0.183. The lowest BCUT2D eigenvalue weighted by Gasteiger charge is -2.09. The highest BCUT2D eigenvalue weighted by atomic mass is 32.1. The van der Waals surface area contributed by atoms with Crippen molar-refractivity contribution in [3.05, 3.63) is 89.2 Å². The molecule has 0 saturated carbocycles. The lowest BCUT2D eigenvalue weighted by atomic mass is 10.2. The fourth-order valence-electron chi connectivity index (χ4n) is 2.81. The SMILES string of the molecule is Cc1cccc(-n2nc(-c3cccs3)cc2C(=O)NCc2ccccn2)c1.